The van der Waals surface area contributed by atoms with E-state index in [1.54, 1.807) is 7.05 Å². The van der Waals surface area contributed by atoms with Gasteiger partial charge in [0.05, 0.1) is 0 Å². The number of rotatable bonds is 4. The predicted octanol–water partition coefficient (Wildman–Crippen LogP) is 1.31. The summed E-state index contributed by atoms with van der Waals surface area (Å²) in [4.78, 5) is 15.3. The summed E-state index contributed by atoms with van der Waals surface area (Å²) in [5, 5.41) is 8.77. The van der Waals surface area contributed by atoms with Crippen molar-refractivity contribution in [2.75, 3.05) is 26.7 Å². The van der Waals surface area contributed by atoms with Crippen LogP contribution >= 0.6 is 24.0 Å². The number of carbonyl (C=O) groups excluding carboxylic acids is 1. The first-order valence-corrected chi connectivity index (χ1v) is 5.80. The van der Waals surface area contributed by atoms with E-state index in [9.17, 15) is 4.79 Å². The maximum atomic E-state index is 11.3. The van der Waals surface area contributed by atoms with Gasteiger partial charge in [-0.05, 0) is 27.7 Å². The van der Waals surface area contributed by atoms with Gasteiger partial charge in [-0.1, -0.05) is 0 Å². The van der Waals surface area contributed by atoms with Gasteiger partial charge in [-0.2, -0.15) is 0 Å². The van der Waals surface area contributed by atoms with Crippen LogP contribution in [0.2, 0.25) is 0 Å². The van der Waals surface area contributed by atoms with E-state index in [1.165, 1.54) is 0 Å². The molecule has 0 saturated heterocycles. The second-order valence-electron chi connectivity index (χ2n) is 4.46. The molecule has 3 N–H and O–H groups in total. The summed E-state index contributed by atoms with van der Waals surface area (Å²) in [7, 11) is 1.70. The fourth-order valence-corrected chi connectivity index (χ4v) is 1.05. The Kier molecular flexibility index (Phi) is 11.1. The average Bonchev–Trinajstić information content (AvgIpc) is 2.20. The number of ether oxygens (including phenoxy) is 1. The lowest BCUT2D eigenvalue weighted by Crippen LogP contribution is -2.42. The summed E-state index contributed by atoms with van der Waals surface area (Å²) >= 11 is 0. The van der Waals surface area contributed by atoms with E-state index in [-0.39, 0.29) is 24.0 Å². The number of hydrogen-bond acceptors (Lipinski definition) is 3. The number of carbonyl (C=O) groups is 1. The number of nitrogens with zero attached hydrogens (tertiary/aromatic N) is 1. The Balaban J connectivity index is 0. The van der Waals surface area contributed by atoms with Crippen molar-refractivity contribution in [1.29, 1.82) is 0 Å². The first-order valence-electron chi connectivity index (χ1n) is 5.80. The zero-order chi connectivity index (χ0) is 13.3. The molecule has 0 aliphatic rings. The summed E-state index contributed by atoms with van der Waals surface area (Å²) in [6.45, 7) is 9.37. The van der Waals surface area contributed by atoms with E-state index in [4.69, 9.17) is 4.74 Å². The van der Waals surface area contributed by atoms with Crippen LogP contribution in [0.1, 0.15) is 27.7 Å². The first-order chi connectivity index (χ1) is 7.89. The van der Waals surface area contributed by atoms with Crippen LogP contribution in [0.5, 0.6) is 0 Å². The summed E-state index contributed by atoms with van der Waals surface area (Å²) in [5.74, 6) is 0.721. The number of hydrogen-bond donors (Lipinski definition) is 3. The molecule has 0 aromatic rings. The molecule has 0 aliphatic heterocycles. The van der Waals surface area contributed by atoms with Crippen molar-refractivity contribution in [3.05, 3.63) is 0 Å². The van der Waals surface area contributed by atoms with Crippen molar-refractivity contribution in [1.82, 2.24) is 16.0 Å². The second kappa shape index (κ2) is 10.2. The van der Waals surface area contributed by atoms with E-state index in [2.05, 4.69) is 20.9 Å². The van der Waals surface area contributed by atoms with Crippen LogP contribution in [-0.2, 0) is 4.74 Å². The van der Waals surface area contributed by atoms with Crippen LogP contribution in [-0.4, -0.2) is 44.3 Å². The highest BCUT2D eigenvalue weighted by atomic mass is 127. The Morgan fingerprint density at radius 3 is 2.17 bits per heavy atom. The highest BCUT2D eigenvalue weighted by Crippen LogP contribution is 2.05. The van der Waals surface area contributed by atoms with Crippen LogP contribution in [0.25, 0.3) is 0 Å². The Morgan fingerprint density at radius 2 is 1.72 bits per heavy atom. The summed E-state index contributed by atoms with van der Waals surface area (Å²) < 4.78 is 5.09. The van der Waals surface area contributed by atoms with E-state index in [0.717, 1.165) is 12.5 Å². The average molecular weight is 372 g/mol. The molecule has 0 rings (SSSR count). The zero-order valence-corrected chi connectivity index (χ0v) is 14.1. The molecule has 0 unspecified atom stereocenters. The summed E-state index contributed by atoms with van der Waals surface area (Å²) in [6, 6.07) is 0. The molecule has 0 spiro atoms. The van der Waals surface area contributed by atoms with Gasteiger partial charge in [0.1, 0.15) is 5.60 Å². The number of alkyl carbamates (subject to hydrolysis) is 1. The molecule has 0 radical (unpaired) electrons. The van der Waals surface area contributed by atoms with Crippen molar-refractivity contribution in [3.63, 3.8) is 0 Å². The minimum Gasteiger partial charge on any atom is -0.444 e. The topological polar surface area (TPSA) is 74.8 Å². The quantitative estimate of drug-likeness (QED) is 0.301. The molecule has 7 heteroatoms. The van der Waals surface area contributed by atoms with Gasteiger partial charge in [0.2, 0.25) is 0 Å². The molecule has 0 aromatic heterocycles. The number of halogens is 1. The Bertz CT molecular complexity index is 264. The normalized spacial score (nSPS) is 11.3. The monoisotopic (exact) mass is 372 g/mol. The Hall–Kier alpha value is -0.730. The van der Waals surface area contributed by atoms with Crippen LogP contribution in [0, 0.1) is 0 Å². The minimum absolute atomic E-state index is 0. The SMILES string of the molecule is CCNC(=NC)NCCNC(=O)OC(C)(C)C.I. The third-order valence-corrected chi connectivity index (χ3v) is 1.65. The molecule has 108 valence electrons. The number of nitrogens with one attached hydrogen (secondary N) is 3. The highest BCUT2D eigenvalue weighted by molar-refractivity contribution is 14.0. The molecule has 18 heavy (non-hydrogen) atoms. The predicted molar refractivity (Wildman–Crippen MR) is 84.7 cm³/mol. The standard InChI is InChI=1S/C11H24N4O2.HI/c1-6-13-9(12-5)14-7-8-15-10(16)17-11(2,3)4;/h6-8H2,1-5H3,(H,15,16)(H2,12,13,14);1H. The van der Waals surface area contributed by atoms with Gasteiger partial charge in [0.15, 0.2) is 5.96 Å². The summed E-state index contributed by atoms with van der Waals surface area (Å²) in [6.07, 6.45) is -0.405. The minimum atomic E-state index is -0.461. The van der Waals surface area contributed by atoms with Crippen LogP contribution in [0.3, 0.4) is 0 Å². The van der Waals surface area contributed by atoms with Crippen molar-refractivity contribution in [2.45, 2.75) is 33.3 Å². The van der Waals surface area contributed by atoms with Gasteiger partial charge < -0.3 is 20.7 Å². The molecule has 0 bridgehead atoms. The van der Waals surface area contributed by atoms with Gasteiger partial charge in [-0.3, -0.25) is 4.99 Å². The lowest BCUT2D eigenvalue weighted by atomic mass is 10.2. The lowest BCUT2D eigenvalue weighted by Gasteiger charge is -2.19. The van der Waals surface area contributed by atoms with Gasteiger partial charge in [0, 0.05) is 26.7 Å². The molecule has 0 aliphatic carbocycles. The molecule has 0 atom stereocenters. The zero-order valence-electron chi connectivity index (χ0n) is 11.8. The van der Waals surface area contributed by atoms with Crippen LogP contribution in [0.4, 0.5) is 4.79 Å². The van der Waals surface area contributed by atoms with Gasteiger partial charge in [-0.15, -0.1) is 24.0 Å². The molecule has 0 aromatic carbocycles. The van der Waals surface area contributed by atoms with Gasteiger partial charge in [-0.25, -0.2) is 4.79 Å². The van der Waals surface area contributed by atoms with Gasteiger partial charge >= 0.3 is 6.09 Å². The van der Waals surface area contributed by atoms with Crippen LogP contribution in [0.15, 0.2) is 4.99 Å². The Labute approximate surface area is 126 Å². The van der Waals surface area contributed by atoms with E-state index in [0.29, 0.717) is 13.1 Å². The smallest absolute Gasteiger partial charge is 0.407 e. The fourth-order valence-electron chi connectivity index (χ4n) is 1.05. The molecule has 0 saturated carbocycles. The number of aliphatic imine (C=N–C) groups is 1. The fraction of sp³-hybridized carbons (Fsp3) is 0.818. The molecule has 6 nitrogen and oxygen atoms in total. The third kappa shape index (κ3) is 11.7. The summed E-state index contributed by atoms with van der Waals surface area (Å²) in [5.41, 5.74) is -0.461. The van der Waals surface area contributed by atoms with E-state index < -0.39 is 11.7 Å². The molecular formula is C11H25IN4O2. The molecule has 0 fully saturated rings. The van der Waals surface area contributed by atoms with Crippen molar-refractivity contribution >= 4 is 36.0 Å². The van der Waals surface area contributed by atoms with Gasteiger partial charge in [0.25, 0.3) is 0 Å². The number of guanidine groups is 1. The van der Waals surface area contributed by atoms with Crippen molar-refractivity contribution in [3.8, 4) is 0 Å². The van der Waals surface area contributed by atoms with Crippen molar-refractivity contribution < 1.29 is 9.53 Å². The number of amides is 1. The third-order valence-electron chi connectivity index (χ3n) is 1.65. The van der Waals surface area contributed by atoms with Crippen molar-refractivity contribution in [2.24, 2.45) is 4.99 Å². The van der Waals surface area contributed by atoms with Crippen LogP contribution < -0.4 is 16.0 Å². The second-order valence-corrected chi connectivity index (χ2v) is 4.46. The first kappa shape index (κ1) is 19.6. The Morgan fingerprint density at radius 1 is 1.17 bits per heavy atom. The maximum Gasteiger partial charge on any atom is 0.407 e. The molecule has 0 heterocycles. The lowest BCUT2D eigenvalue weighted by molar-refractivity contribution is 0.0529. The maximum absolute atomic E-state index is 11.3. The molecule has 1 amide bonds. The van der Waals surface area contributed by atoms with E-state index >= 15 is 0 Å². The largest absolute Gasteiger partial charge is 0.444 e. The highest BCUT2D eigenvalue weighted by Gasteiger charge is 2.15. The molecular weight excluding hydrogens is 347 g/mol. The van der Waals surface area contributed by atoms with E-state index in [1.807, 2.05) is 27.7 Å².